The summed E-state index contributed by atoms with van der Waals surface area (Å²) < 4.78 is 69.7. The van der Waals surface area contributed by atoms with Crippen LogP contribution in [0.5, 0.6) is 0 Å². The molecule has 11 heteroatoms. The maximum absolute atomic E-state index is 13.1. The maximum atomic E-state index is 13.1. The molecule has 0 bridgehead atoms. The normalized spacial score (nSPS) is 11.8. The third-order valence-electron chi connectivity index (χ3n) is 2.77. The molecule has 0 saturated heterocycles. The minimum Gasteiger partial charge on any atom is -0.308 e. The molecule has 0 saturated carbocycles. The van der Waals surface area contributed by atoms with Crippen molar-refractivity contribution in [2.24, 2.45) is 0 Å². The number of halogens is 2. The Balaban J connectivity index is 2.22. The molecule has 2 amide bonds. The zero-order valence-electron chi connectivity index (χ0n) is 11.7. The molecule has 24 heavy (non-hydrogen) atoms. The molecule has 0 heterocycles. The van der Waals surface area contributed by atoms with Crippen LogP contribution in [0.3, 0.4) is 0 Å². The van der Waals surface area contributed by atoms with E-state index in [1.165, 1.54) is 24.3 Å². The predicted octanol–water partition coefficient (Wildman–Crippen LogP) is 2.65. The van der Waals surface area contributed by atoms with Crippen molar-refractivity contribution in [1.29, 1.82) is 0 Å². The van der Waals surface area contributed by atoms with Crippen LogP contribution in [0.4, 0.5) is 23.9 Å². The van der Waals surface area contributed by atoms with Gasteiger partial charge < -0.3 is 10.6 Å². The molecule has 7 nitrogen and oxygen atoms in total. The number of nitrogens with one attached hydrogen (secondary N) is 2. The van der Waals surface area contributed by atoms with Crippen LogP contribution in [0.25, 0.3) is 0 Å². The zero-order valence-corrected chi connectivity index (χ0v) is 13.4. The van der Waals surface area contributed by atoms with E-state index in [9.17, 15) is 29.4 Å². The first kappa shape index (κ1) is 17.8. The molecular formula is C13H10F2N2O5S2. The highest BCUT2D eigenvalue weighted by molar-refractivity contribution is 7.86. The van der Waals surface area contributed by atoms with E-state index in [0.717, 1.165) is 24.3 Å². The quantitative estimate of drug-likeness (QED) is 0.797. The molecule has 0 aliphatic rings. The summed E-state index contributed by atoms with van der Waals surface area (Å²) in [7, 11) is -10.00. The van der Waals surface area contributed by atoms with Gasteiger partial charge in [0.25, 0.3) is 0 Å². The molecule has 0 fully saturated rings. The molecule has 0 spiro atoms. The second-order valence-corrected chi connectivity index (χ2v) is 7.14. The lowest BCUT2D eigenvalue weighted by molar-refractivity contribution is 0.262. The maximum Gasteiger partial charge on any atom is 0.334 e. The largest absolute Gasteiger partial charge is 0.334 e. The monoisotopic (exact) mass is 376 g/mol. The molecule has 0 radical (unpaired) electrons. The van der Waals surface area contributed by atoms with E-state index >= 15 is 0 Å². The van der Waals surface area contributed by atoms with Crippen LogP contribution in [-0.4, -0.2) is 22.9 Å². The highest BCUT2D eigenvalue weighted by Crippen LogP contribution is 2.23. The summed E-state index contributed by atoms with van der Waals surface area (Å²) in [5.74, 6) is 0. The molecule has 0 unspecified atom stereocenters. The average Bonchev–Trinajstić information content (AvgIpc) is 2.46. The number of rotatable bonds is 4. The SMILES string of the molecule is O=C(Nc1cccc(S(=O)(=O)F)c1)Nc1ccccc1S(=O)(=O)F. The van der Waals surface area contributed by atoms with Gasteiger partial charge in [-0.25, -0.2) is 4.79 Å². The van der Waals surface area contributed by atoms with E-state index in [-0.39, 0.29) is 11.4 Å². The smallest absolute Gasteiger partial charge is 0.308 e. The Morgan fingerprint density at radius 3 is 2.12 bits per heavy atom. The fraction of sp³-hybridized carbons (Fsp3) is 0. The molecule has 0 aromatic heterocycles. The van der Waals surface area contributed by atoms with Gasteiger partial charge in [0.1, 0.15) is 9.79 Å². The number of benzene rings is 2. The van der Waals surface area contributed by atoms with Crippen LogP contribution in [-0.2, 0) is 20.4 Å². The van der Waals surface area contributed by atoms with Gasteiger partial charge in [0, 0.05) is 5.69 Å². The van der Waals surface area contributed by atoms with Crippen molar-refractivity contribution in [1.82, 2.24) is 0 Å². The fourth-order valence-corrected chi connectivity index (χ4v) is 2.92. The summed E-state index contributed by atoms with van der Waals surface area (Å²) in [5.41, 5.74) is -0.376. The van der Waals surface area contributed by atoms with Crippen molar-refractivity contribution in [2.45, 2.75) is 9.79 Å². The number of hydrogen-bond acceptors (Lipinski definition) is 5. The topological polar surface area (TPSA) is 109 Å². The van der Waals surface area contributed by atoms with Crippen molar-refractivity contribution < 1.29 is 29.4 Å². The van der Waals surface area contributed by atoms with Crippen molar-refractivity contribution in [2.75, 3.05) is 10.6 Å². The lowest BCUT2D eigenvalue weighted by atomic mass is 10.3. The minimum atomic E-state index is -5.05. The summed E-state index contributed by atoms with van der Waals surface area (Å²) in [6.45, 7) is 0. The Morgan fingerprint density at radius 1 is 0.833 bits per heavy atom. The van der Waals surface area contributed by atoms with E-state index in [0.29, 0.717) is 0 Å². The molecule has 0 aliphatic carbocycles. The number of amides is 2. The van der Waals surface area contributed by atoms with Gasteiger partial charge in [0.2, 0.25) is 0 Å². The van der Waals surface area contributed by atoms with Crippen molar-refractivity contribution in [3.05, 3.63) is 48.5 Å². The molecule has 2 N–H and O–H groups in total. The lowest BCUT2D eigenvalue weighted by Gasteiger charge is -2.10. The van der Waals surface area contributed by atoms with Gasteiger partial charge in [0.15, 0.2) is 0 Å². The molecule has 2 rings (SSSR count). The highest BCUT2D eigenvalue weighted by Gasteiger charge is 2.18. The van der Waals surface area contributed by atoms with Crippen LogP contribution < -0.4 is 10.6 Å². The number of para-hydroxylation sites is 1. The van der Waals surface area contributed by atoms with Gasteiger partial charge in [-0.05, 0) is 30.3 Å². The molecule has 0 aliphatic heterocycles. The second-order valence-electron chi connectivity index (χ2n) is 4.48. The molecular weight excluding hydrogens is 366 g/mol. The van der Waals surface area contributed by atoms with Gasteiger partial charge in [-0.2, -0.15) is 16.8 Å². The average molecular weight is 376 g/mol. The number of carbonyl (C=O) groups is 1. The van der Waals surface area contributed by atoms with E-state index in [2.05, 4.69) is 10.6 Å². The fourth-order valence-electron chi connectivity index (χ4n) is 1.79. The summed E-state index contributed by atoms with van der Waals surface area (Å²) in [6.07, 6.45) is 0. The van der Waals surface area contributed by atoms with Gasteiger partial charge >= 0.3 is 26.5 Å². The first-order chi connectivity index (χ1) is 11.1. The Hall–Kier alpha value is -2.53. The first-order valence-electron chi connectivity index (χ1n) is 6.24. The van der Waals surface area contributed by atoms with Crippen molar-refractivity contribution >= 4 is 37.9 Å². The van der Waals surface area contributed by atoms with E-state index in [1.807, 2.05) is 0 Å². The second kappa shape index (κ2) is 6.53. The third kappa shape index (κ3) is 4.49. The van der Waals surface area contributed by atoms with Crippen LogP contribution in [0.15, 0.2) is 58.3 Å². The van der Waals surface area contributed by atoms with Gasteiger partial charge in [-0.15, -0.1) is 7.77 Å². The summed E-state index contributed by atoms with van der Waals surface area (Å²) in [5, 5.41) is 4.29. The predicted molar refractivity (Wildman–Crippen MR) is 82.1 cm³/mol. The lowest BCUT2D eigenvalue weighted by Crippen LogP contribution is -2.20. The summed E-state index contributed by atoms with van der Waals surface area (Å²) in [4.78, 5) is 10.4. The zero-order chi connectivity index (χ0) is 18.0. The molecule has 2 aromatic rings. The standard InChI is InChI=1S/C13H10F2N2O5S2/c14-23(19,20)10-5-3-4-9(8-10)16-13(18)17-11-6-1-2-7-12(11)24(15,21)22/h1-8H,(H2,16,17,18). The van der Waals surface area contributed by atoms with Crippen LogP contribution in [0.1, 0.15) is 0 Å². The van der Waals surface area contributed by atoms with E-state index in [4.69, 9.17) is 0 Å². The van der Waals surface area contributed by atoms with Gasteiger partial charge in [-0.1, -0.05) is 18.2 Å². The van der Waals surface area contributed by atoms with E-state index < -0.39 is 36.3 Å². The Labute approximate surface area is 136 Å². The molecule has 0 atom stereocenters. The van der Waals surface area contributed by atoms with Gasteiger partial charge in [0.05, 0.1) is 5.69 Å². The number of carbonyl (C=O) groups excluding carboxylic acids is 1. The number of hydrogen-bond donors (Lipinski definition) is 2. The minimum absolute atomic E-state index is 0.0631. The number of anilines is 2. The first-order valence-corrected chi connectivity index (χ1v) is 9.00. The molecule has 2 aromatic carbocycles. The van der Waals surface area contributed by atoms with Crippen LogP contribution >= 0.6 is 0 Å². The van der Waals surface area contributed by atoms with Crippen LogP contribution in [0.2, 0.25) is 0 Å². The van der Waals surface area contributed by atoms with Crippen molar-refractivity contribution in [3.63, 3.8) is 0 Å². The van der Waals surface area contributed by atoms with Gasteiger partial charge in [-0.3, -0.25) is 0 Å². The highest BCUT2D eigenvalue weighted by atomic mass is 32.3. The Bertz CT molecular complexity index is 991. The Morgan fingerprint density at radius 2 is 1.50 bits per heavy atom. The van der Waals surface area contributed by atoms with Crippen molar-refractivity contribution in [3.8, 4) is 0 Å². The summed E-state index contributed by atoms with van der Waals surface area (Å²) >= 11 is 0. The third-order valence-corrected chi connectivity index (χ3v) is 4.47. The molecule has 128 valence electrons. The van der Waals surface area contributed by atoms with Crippen LogP contribution in [0, 0.1) is 0 Å². The Kier molecular flexibility index (Phi) is 4.85. The summed E-state index contributed by atoms with van der Waals surface area (Å²) in [6, 6.07) is 8.13. The number of urea groups is 1. The van der Waals surface area contributed by atoms with E-state index in [1.54, 1.807) is 0 Å².